The van der Waals surface area contributed by atoms with E-state index in [0.29, 0.717) is 35.5 Å². The molecule has 0 atom stereocenters. The highest BCUT2D eigenvalue weighted by molar-refractivity contribution is 5.81. The lowest BCUT2D eigenvalue weighted by Crippen LogP contribution is -2.38. The van der Waals surface area contributed by atoms with Crippen molar-refractivity contribution in [2.45, 2.75) is 19.5 Å². The lowest BCUT2D eigenvalue weighted by Gasteiger charge is -2.30. The Morgan fingerprint density at radius 1 is 1.11 bits per heavy atom. The summed E-state index contributed by atoms with van der Waals surface area (Å²) >= 11 is 0. The average molecular weight is 379 g/mol. The number of nitrogens with zero attached hydrogens (tertiary/aromatic N) is 3. The Morgan fingerprint density at radius 2 is 1.82 bits per heavy atom. The Balaban J connectivity index is 1.58. The molecule has 7 heteroatoms. The zero-order valence-corrected chi connectivity index (χ0v) is 15.8. The average Bonchev–Trinajstić information content (AvgIpc) is 2.74. The molecule has 0 bridgehead atoms. The summed E-state index contributed by atoms with van der Waals surface area (Å²) in [5, 5.41) is 4.72. The molecular weight excluding hydrogens is 358 g/mol. The molecule has 0 unspecified atom stereocenters. The van der Waals surface area contributed by atoms with Crippen LogP contribution in [0.4, 0.5) is 0 Å². The maximum absolute atomic E-state index is 12.9. The second kappa shape index (κ2) is 7.34. The molecule has 144 valence electrons. The van der Waals surface area contributed by atoms with Gasteiger partial charge in [-0.2, -0.15) is 5.10 Å². The Kier molecular flexibility index (Phi) is 4.73. The predicted octanol–water partition coefficient (Wildman–Crippen LogP) is 2.00. The SMILES string of the molecule is COc1cc2c(cc1OC)CN(C(=O)Cn1ncc(=O)c3ccccc31)CC2. The van der Waals surface area contributed by atoms with Crippen LogP contribution in [-0.2, 0) is 24.3 Å². The number of benzene rings is 2. The first-order valence-corrected chi connectivity index (χ1v) is 9.07. The van der Waals surface area contributed by atoms with E-state index in [-0.39, 0.29) is 17.9 Å². The Morgan fingerprint density at radius 3 is 2.57 bits per heavy atom. The second-order valence-electron chi connectivity index (χ2n) is 6.72. The largest absolute Gasteiger partial charge is 0.493 e. The molecule has 1 aliphatic heterocycles. The first-order valence-electron chi connectivity index (χ1n) is 9.07. The summed E-state index contributed by atoms with van der Waals surface area (Å²) in [4.78, 5) is 26.7. The van der Waals surface area contributed by atoms with Gasteiger partial charge in [0.2, 0.25) is 11.3 Å². The van der Waals surface area contributed by atoms with Gasteiger partial charge in [-0.3, -0.25) is 14.3 Å². The van der Waals surface area contributed by atoms with Crippen molar-refractivity contribution in [2.75, 3.05) is 20.8 Å². The van der Waals surface area contributed by atoms with Crippen LogP contribution in [0.5, 0.6) is 11.5 Å². The number of ether oxygens (including phenoxy) is 2. The van der Waals surface area contributed by atoms with Gasteiger partial charge in [0.1, 0.15) is 6.54 Å². The molecule has 1 aromatic heterocycles. The number of aromatic nitrogens is 2. The zero-order valence-electron chi connectivity index (χ0n) is 15.8. The highest BCUT2D eigenvalue weighted by atomic mass is 16.5. The fourth-order valence-electron chi connectivity index (χ4n) is 3.61. The molecule has 0 spiro atoms. The van der Waals surface area contributed by atoms with E-state index < -0.39 is 0 Å². The third-order valence-electron chi connectivity index (χ3n) is 5.12. The molecule has 0 N–H and O–H groups in total. The molecule has 0 saturated heterocycles. The van der Waals surface area contributed by atoms with Crippen molar-refractivity contribution in [2.24, 2.45) is 0 Å². The van der Waals surface area contributed by atoms with Crippen LogP contribution in [0.25, 0.3) is 10.9 Å². The summed E-state index contributed by atoms with van der Waals surface area (Å²) in [5.41, 5.74) is 2.73. The van der Waals surface area contributed by atoms with Gasteiger partial charge < -0.3 is 14.4 Å². The number of fused-ring (bicyclic) bond motifs is 2. The van der Waals surface area contributed by atoms with Crippen molar-refractivity contribution in [1.82, 2.24) is 14.7 Å². The number of carbonyl (C=O) groups excluding carboxylic acids is 1. The van der Waals surface area contributed by atoms with Gasteiger partial charge in [0.25, 0.3) is 0 Å². The monoisotopic (exact) mass is 379 g/mol. The molecule has 4 rings (SSSR count). The fraction of sp³-hybridized carbons (Fsp3) is 0.286. The van der Waals surface area contributed by atoms with Crippen molar-refractivity contribution in [3.8, 4) is 11.5 Å². The van der Waals surface area contributed by atoms with Crippen LogP contribution >= 0.6 is 0 Å². The summed E-state index contributed by atoms with van der Waals surface area (Å²) in [6.07, 6.45) is 2.01. The van der Waals surface area contributed by atoms with E-state index in [1.54, 1.807) is 37.1 Å². The number of amides is 1. The fourth-order valence-corrected chi connectivity index (χ4v) is 3.61. The first kappa shape index (κ1) is 18.0. The zero-order chi connectivity index (χ0) is 19.7. The molecule has 0 fully saturated rings. The van der Waals surface area contributed by atoms with E-state index in [0.717, 1.165) is 17.5 Å². The molecule has 0 saturated carbocycles. The topological polar surface area (TPSA) is 73.7 Å². The minimum atomic E-state index is -0.146. The van der Waals surface area contributed by atoms with E-state index >= 15 is 0 Å². The molecule has 7 nitrogen and oxygen atoms in total. The normalized spacial score (nSPS) is 13.3. The van der Waals surface area contributed by atoms with E-state index in [1.165, 1.54) is 6.20 Å². The summed E-state index contributed by atoms with van der Waals surface area (Å²) in [6.45, 7) is 1.22. The van der Waals surface area contributed by atoms with Crippen LogP contribution in [0.1, 0.15) is 11.1 Å². The minimum Gasteiger partial charge on any atom is -0.493 e. The van der Waals surface area contributed by atoms with Crippen molar-refractivity contribution in [3.63, 3.8) is 0 Å². The quantitative estimate of drug-likeness (QED) is 0.693. The van der Waals surface area contributed by atoms with E-state index in [1.807, 2.05) is 23.1 Å². The maximum atomic E-state index is 12.9. The Bertz CT molecular complexity index is 1110. The lowest BCUT2D eigenvalue weighted by molar-refractivity contribution is -0.132. The minimum absolute atomic E-state index is 0.0401. The molecule has 3 aromatic rings. The van der Waals surface area contributed by atoms with Gasteiger partial charge in [0, 0.05) is 18.5 Å². The van der Waals surface area contributed by atoms with Gasteiger partial charge in [0.15, 0.2) is 11.5 Å². The number of para-hydroxylation sites is 1. The number of hydrogen-bond acceptors (Lipinski definition) is 5. The summed E-state index contributed by atoms with van der Waals surface area (Å²) in [7, 11) is 3.22. The predicted molar refractivity (Wildman–Crippen MR) is 105 cm³/mol. The van der Waals surface area contributed by atoms with Gasteiger partial charge >= 0.3 is 0 Å². The summed E-state index contributed by atoms with van der Waals surface area (Å²) in [5.74, 6) is 1.32. The van der Waals surface area contributed by atoms with Crippen LogP contribution in [0.2, 0.25) is 0 Å². The molecule has 28 heavy (non-hydrogen) atoms. The number of methoxy groups -OCH3 is 2. The Hall–Kier alpha value is -3.35. The Labute approximate surface area is 162 Å². The van der Waals surface area contributed by atoms with Gasteiger partial charge in [-0.05, 0) is 41.8 Å². The lowest BCUT2D eigenvalue weighted by atomic mass is 9.98. The van der Waals surface area contributed by atoms with Crippen molar-refractivity contribution in [1.29, 1.82) is 0 Å². The molecular formula is C21H21N3O4. The van der Waals surface area contributed by atoms with Crippen molar-refractivity contribution < 1.29 is 14.3 Å². The van der Waals surface area contributed by atoms with Crippen LogP contribution in [0, 0.1) is 0 Å². The molecule has 2 aromatic carbocycles. The summed E-state index contributed by atoms with van der Waals surface area (Å²) < 4.78 is 12.3. The van der Waals surface area contributed by atoms with E-state index in [4.69, 9.17) is 9.47 Å². The van der Waals surface area contributed by atoms with Gasteiger partial charge in [0.05, 0.1) is 25.9 Å². The van der Waals surface area contributed by atoms with Crippen LogP contribution in [0.15, 0.2) is 47.4 Å². The third kappa shape index (κ3) is 3.19. The number of hydrogen-bond donors (Lipinski definition) is 0. The standard InChI is InChI=1S/C21H21N3O4/c1-27-19-9-14-7-8-23(12-15(14)10-20(19)28-2)21(26)13-24-17-6-4-3-5-16(17)18(25)11-22-24/h3-6,9-11H,7-8,12-13H2,1-2H3. The number of carbonyl (C=O) groups is 1. The van der Waals surface area contributed by atoms with Gasteiger partial charge in [-0.1, -0.05) is 12.1 Å². The van der Waals surface area contributed by atoms with E-state index in [2.05, 4.69) is 5.10 Å². The summed E-state index contributed by atoms with van der Waals surface area (Å²) in [6, 6.07) is 11.1. The highest BCUT2D eigenvalue weighted by Crippen LogP contribution is 2.33. The van der Waals surface area contributed by atoms with Crippen LogP contribution in [-0.4, -0.2) is 41.4 Å². The van der Waals surface area contributed by atoms with Gasteiger partial charge in [-0.15, -0.1) is 0 Å². The third-order valence-corrected chi connectivity index (χ3v) is 5.12. The smallest absolute Gasteiger partial charge is 0.244 e. The van der Waals surface area contributed by atoms with E-state index in [9.17, 15) is 9.59 Å². The molecule has 1 aliphatic rings. The van der Waals surface area contributed by atoms with Crippen LogP contribution in [0.3, 0.4) is 0 Å². The van der Waals surface area contributed by atoms with Crippen LogP contribution < -0.4 is 14.9 Å². The molecule has 0 radical (unpaired) electrons. The molecule has 0 aliphatic carbocycles. The highest BCUT2D eigenvalue weighted by Gasteiger charge is 2.23. The van der Waals surface area contributed by atoms with Crippen molar-refractivity contribution >= 4 is 16.8 Å². The van der Waals surface area contributed by atoms with Gasteiger partial charge in [-0.25, -0.2) is 0 Å². The molecule has 2 heterocycles. The van der Waals surface area contributed by atoms with Crippen molar-refractivity contribution in [3.05, 3.63) is 63.9 Å². The second-order valence-corrected chi connectivity index (χ2v) is 6.72. The maximum Gasteiger partial charge on any atom is 0.244 e. The first-order chi connectivity index (χ1) is 13.6. The molecule has 1 amide bonds. The number of rotatable bonds is 4.